The zero-order chi connectivity index (χ0) is 20.1. The standard InChI is InChI=1S/C18H20ClN5O4/c1-12-21-16(23-7-2-3-8-23)11-17(22-12)28-9-6-20-18(25)14-5-4-13(24(26)27)10-15(14)19/h4-5,10-11H,2-3,6-9H2,1H3,(H,20,25). The van der Waals surface area contributed by atoms with E-state index in [1.54, 1.807) is 6.07 Å². The van der Waals surface area contributed by atoms with Crippen molar-refractivity contribution in [2.24, 2.45) is 0 Å². The second-order valence-corrected chi connectivity index (χ2v) is 6.74. The number of ether oxygens (including phenoxy) is 1. The Morgan fingerprint density at radius 1 is 1.32 bits per heavy atom. The molecule has 1 aromatic carbocycles. The fourth-order valence-corrected chi connectivity index (χ4v) is 3.19. The molecule has 0 aliphatic carbocycles. The summed E-state index contributed by atoms with van der Waals surface area (Å²) in [5.41, 5.74) is -0.000659. The minimum absolute atomic E-state index is 0.0225. The van der Waals surface area contributed by atoms with Gasteiger partial charge in [-0.05, 0) is 25.8 Å². The maximum Gasteiger partial charge on any atom is 0.270 e. The van der Waals surface area contributed by atoms with Crippen molar-refractivity contribution in [3.63, 3.8) is 0 Å². The summed E-state index contributed by atoms with van der Waals surface area (Å²) in [6.07, 6.45) is 2.30. The van der Waals surface area contributed by atoms with E-state index < -0.39 is 10.8 Å². The first kappa shape index (κ1) is 19.8. The molecule has 9 nitrogen and oxygen atoms in total. The van der Waals surface area contributed by atoms with E-state index in [-0.39, 0.29) is 29.4 Å². The predicted molar refractivity (Wildman–Crippen MR) is 104 cm³/mol. The Morgan fingerprint density at radius 3 is 2.75 bits per heavy atom. The van der Waals surface area contributed by atoms with Crippen LogP contribution < -0.4 is 15.0 Å². The van der Waals surface area contributed by atoms with Crippen LogP contribution in [0.2, 0.25) is 5.02 Å². The minimum atomic E-state index is -0.568. The normalized spacial score (nSPS) is 13.4. The summed E-state index contributed by atoms with van der Waals surface area (Å²) in [6, 6.07) is 5.51. The van der Waals surface area contributed by atoms with Gasteiger partial charge in [-0.1, -0.05) is 11.6 Å². The molecule has 0 unspecified atom stereocenters. The van der Waals surface area contributed by atoms with Crippen molar-refractivity contribution in [1.29, 1.82) is 0 Å². The lowest BCUT2D eigenvalue weighted by Gasteiger charge is -2.17. The predicted octanol–water partition coefficient (Wildman–Crippen LogP) is 2.76. The highest BCUT2D eigenvalue weighted by atomic mass is 35.5. The van der Waals surface area contributed by atoms with Crippen LogP contribution in [0.4, 0.5) is 11.5 Å². The van der Waals surface area contributed by atoms with Crippen LogP contribution in [0, 0.1) is 17.0 Å². The quantitative estimate of drug-likeness (QED) is 0.428. The summed E-state index contributed by atoms with van der Waals surface area (Å²) in [6.45, 7) is 4.20. The van der Waals surface area contributed by atoms with Crippen LogP contribution in [0.25, 0.3) is 0 Å². The summed E-state index contributed by atoms with van der Waals surface area (Å²) < 4.78 is 5.64. The number of hydrogen-bond donors (Lipinski definition) is 1. The van der Waals surface area contributed by atoms with E-state index in [0.29, 0.717) is 11.7 Å². The molecule has 1 fully saturated rings. The Hall–Kier alpha value is -2.94. The number of hydrogen-bond acceptors (Lipinski definition) is 7. The number of carbonyl (C=O) groups is 1. The molecule has 2 heterocycles. The van der Waals surface area contributed by atoms with Gasteiger partial charge in [-0.2, -0.15) is 4.98 Å². The number of nitro groups is 1. The Labute approximate surface area is 166 Å². The molecule has 2 aromatic rings. The number of rotatable bonds is 7. The molecule has 1 N–H and O–H groups in total. The van der Waals surface area contributed by atoms with Gasteiger partial charge in [-0.25, -0.2) is 4.98 Å². The molecule has 1 aromatic heterocycles. The van der Waals surface area contributed by atoms with Gasteiger partial charge in [0.1, 0.15) is 18.2 Å². The third-order valence-corrected chi connectivity index (χ3v) is 4.59. The highest BCUT2D eigenvalue weighted by molar-refractivity contribution is 6.34. The summed E-state index contributed by atoms with van der Waals surface area (Å²) in [5.74, 6) is 1.50. The van der Waals surface area contributed by atoms with Gasteiger partial charge >= 0.3 is 0 Å². The third-order valence-electron chi connectivity index (χ3n) is 4.28. The number of halogens is 1. The number of nitrogens with zero attached hydrogens (tertiary/aromatic N) is 4. The van der Waals surface area contributed by atoms with Gasteiger partial charge in [0.05, 0.1) is 22.1 Å². The van der Waals surface area contributed by atoms with Crippen molar-refractivity contribution in [2.45, 2.75) is 19.8 Å². The van der Waals surface area contributed by atoms with Gasteiger partial charge in [0, 0.05) is 31.3 Å². The van der Waals surface area contributed by atoms with Gasteiger partial charge in [0.15, 0.2) is 0 Å². The molecule has 0 bridgehead atoms. The first-order chi connectivity index (χ1) is 13.4. The topological polar surface area (TPSA) is 110 Å². The van der Waals surface area contributed by atoms with Crippen molar-refractivity contribution < 1.29 is 14.5 Å². The molecular weight excluding hydrogens is 386 g/mol. The van der Waals surface area contributed by atoms with E-state index in [4.69, 9.17) is 16.3 Å². The molecule has 0 saturated carbocycles. The van der Waals surface area contributed by atoms with Crippen LogP contribution in [0.1, 0.15) is 29.0 Å². The van der Waals surface area contributed by atoms with Gasteiger partial charge in [0.25, 0.3) is 11.6 Å². The van der Waals surface area contributed by atoms with Crippen LogP contribution in [-0.2, 0) is 0 Å². The number of nitrogens with one attached hydrogen (secondary N) is 1. The average Bonchev–Trinajstić information content (AvgIpc) is 3.19. The summed E-state index contributed by atoms with van der Waals surface area (Å²) in [7, 11) is 0. The molecule has 28 heavy (non-hydrogen) atoms. The highest BCUT2D eigenvalue weighted by Gasteiger charge is 2.16. The second-order valence-electron chi connectivity index (χ2n) is 6.33. The summed E-state index contributed by atoms with van der Waals surface area (Å²) in [4.78, 5) is 33.2. The first-order valence-corrected chi connectivity index (χ1v) is 9.27. The zero-order valence-corrected chi connectivity index (χ0v) is 16.1. The van der Waals surface area contributed by atoms with Crippen molar-refractivity contribution in [3.8, 4) is 5.88 Å². The van der Waals surface area contributed by atoms with E-state index in [1.165, 1.54) is 12.1 Å². The number of amides is 1. The van der Waals surface area contributed by atoms with E-state index in [2.05, 4.69) is 20.2 Å². The SMILES string of the molecule is Cc1nc(OCCNC(=O)c2ccc([N+](=O)[O-])cc2Cl)cc(N2CCCC2)n1. The Balaban J connectivity index is 1.53. The van der Waals surface area contributed by atoms with Crippen molar-refractivity contribution >= 4 is 29.0 Å². The molecule has 0 spiro atoms. The number of anilines is 1. The van der Waals surface area contributed by atoms with Crippen molar-refractivity contribution in [1.82, 2.24) is 15.3 Å². The van der Waals surface area contributed by atoms with E-state index in [1.807, 2.05) is 6.92 Å². The number of benzene rings is 1. The molecule has 148 valence electrons. The van der Waals surface area contributed by atoms with Crippen molar-refractivity contribution in [3.05, 3.63) is 50.8 Å². The smallest absolute Gasteiger partial charge is 0.270 e. The average molecular weight is 406 g/mol. The Morgan fingerprint density at radius 2 is 2.07 bits per heavy atom. The van der Waals surface area contributed by atoms with Gasteiger partial charge in [-0.3, -0.25) is 14.9 Å². The van der Waals surface area contributed by atoms with Crippen LogP contribution >= 0.6 is 11.6 Å². The maximum absolute atomic E-state index is 12.2. The number of aromatic nitrogens is 2. The lowest BCUT2D eigenvalue weighted by atomic mass is 10.2. The monoisotopic (exact) mass is 405 g/mol. The first-order valence-electron chi connectivity index (χ1n) is 8.89. The molecule has 0 radical (unpaired) electrons. The second kappa shape index (κ2) is 8.83. The minimum Gasteiger partial charge on any atom is -0.476 e. The number of carbonyl (C=O) groups excluding carboxylic acids is 1. The number of aryl methyl sites for hydroxylation is 1. The molecule has 1 saturated heterocycles. The van der Waals surface area contributed by atoms with Gasteiger partial charge < -0.3 is 15.0 Å². The van der Waals surface area contributed by atoms with Gasteiger partial charge in [0.2, 0.25) is 5.88 Å². The molecule has 0 atom stereocenters. The summed E-state index contributed by atoms with van der Waals surface area (Å²) in [5, 5.41) is 13.4. The van der Waals surface area contributed by atoms with E-state index >= 15 is 0 Å². The molecule has 1 amide bonds. The van der Waals surface area contributed by atoms with Crippen LogP contribution in [-0.4, -0.2) is 47.0 Å². The number of non-ortho nitro benzene ring substituents is 1. The van der Waals surface area contributed by atoms with Gasteiger partial charge in [-0.15, -0.1) is 0 Å². The van der Waals surface area contributed by atoms with E-state index in [9.17, 15) is 14.9 Å². The fourth-order valence-electron chi connectivity index (χ4n) is 2.92. The molecular formula is C18H20ClN5O4. The van der Waals surface area contributed by atoms with Crippen molar-refractivity contribution in [2.75, 3.05) is 31.1 Å². The van der Waals surface area contributed by atoms with Crippen LogP contribution in [0.5, 0.6) is 5.88 Å². The molecule has 10 heteroatoms. The zero-order valence-electron chi connectivity index (χ0n) is 15.4. The third kappa shape index (κ3) is 4.86. The molecule has 1 aliphatic rings. The highest BCUT2D eigenvalue weighted by Crippen LogP contribution is 2.23. The van der Waals surface area contributed by atoms with Crippen LogP contribution in [0.3, 0.4) is 0 Å². The number of nitro benzene ring substituents is 1. The maximum atomic E-state index is 12.2. The van der Waals surface area contributed by atoms with E-state index in [0.717, 1.165) is 37.8 Å². The largest absolute Gasteiger partial charge is 0.476 e. The lowest BCUT2D eigenvalue weighted by molar-refractivity contribution is -0.384. The Bertz CT molecular complexity index is 886. The Kier molecular flexibility index (Phi) is 6.25. The van der Waals surface area contributed by atoms with Crippen LogP contribution in [0.15, 0.2) is 24.3 Å². The molecule has 1 aliphatic heterocycles. The lowest BCUT2D eigenvalue weighted by Crippen LogP contribution is -2.28. The fraction of sp³-hybridized carbons (Fsp3) is 0.389. The summed E-state index contributed by atoms with van der Waals surface area (Å²) >= 11 is 5.96. The molecule has 3 rings (SSSR count).